The topological polar surface area (TPSA) is 26.5 Å². The first-order valence-corrected chi connectivity index (χ1v) is 9.56. The summed E-state index contributed by atoms with van der Waals surface area (Å²) in [6.45, 7) is 5.09. The van der Waals surface area contributed by atoms with Gasteiger partial charge in [-0.3, -0.25) is 0 Å². The van der Waals surface area contributed by atoms with Gasteiger partial charge in [0.05, 0.1) is 18.5 Å². The Bertz CT molecular complexity index is 961. The second kappa shape index (κ2) is 8.06. The number of methoxy groups -OCH3 is 1. The Morgan fingerprint density at radius 1 is 1.19 bits per heavy atom. The zero-order valence-electron chi connectivity index (χ0n) is 14.9. The minimum absolute atomic E-state index is 0.241. The summed E-state index contributed by atoms with van der Waals surface area (Å²) < 4.78 is 21.3. The maximum absolute atomic E-state index is 14.2. The van der Waals surface area contributed by atoms with Gasteiger partial charge in [0, 0.05) is 22.5 Å². The van der Waals surface area contributed by atoms with Crippen LogP contribution < -0.4 is 9.54 Å². The molecule has 1 aromatic heterocycles. The van der Waals surface area contributed by atoms with Crippen LogP contribution in [-0.2, 0) is 6.54 Å². The van der Waals surface area contributed by atoms with Gasteiger partial charge in [-0.2, -0.15) is 0 Å². The molecule has 6 heteroatoms. The Hall–Kier alpha value is -2.11. The van der Waals surface area contributed by atoms with Crippen LogP contribution in [0, 0.1) is 11.7 Å². The Balaban J connectivity index is 2.10. The molecule has 0 aliphatic rings. The lowest BCUT2D eigenvalue weighted by molar-refractivity contribution is 0.386. The first-order chi connectivity index (χ1) is 12.5. The lowest BCUT2D eigenvalue weighted by Gasteiger charge is -2.12. The third-order valence-corrected chi connectivity index (χ3v) is 4.96. The maximum Gasteiger partial charge on any atom is 0.190 e. The van der Waals surface area contributed by atoms with Crippen LogP contribution in [0.4, 0.5) is 10.1 Å². The molecule has 0 radical (unpaired) electrons. The molecular formula is C20H20ClFN2OS. The molecule has 0 spiro atoms. The maximum atomic E-state index is 14.2. The number of thiazole rings is 1. The number of ether oxygens (including phenoxy) is 1. The standard InChI is InChI=1S/C20H20ClFN2OS/c1-13(2)11-24-18(14-4-9-19(25-3)17(22)10-14)12-26-20(24)23-16-7-5-15(21)6-8-16/h4-10,12-13H,11H2,1-3H3. The summed E-state index contributed by atoms with van der Waals surface area (Å²) in [7, 11) is 1.46. The summed E-state index contributed by atoms with van der Waals surface area (Å²) in [4.78, 5) is 5.61. The van der Waals surface area contributed by atoms with E-state index in [-0.39, 0.29) is 11.6 Å². The zero-order chi connectivity index (χ0) is 18.7. The zero-order valence-corrected chi connectivity index (χ0v) is 16.4. The molecule has 0 amide bonds. The number of hydrogen-bond donors (Lipinski definition) is 0. The van der Waals surface area contributed by atoms with Crippen molar-refractivity contribution in [2.45, 2.75) is 20.4 Å². The molecule has 2 aromatic carbocycles. The number of benzene rings is 2. The van der Waals surface area contributed by atoms with Crippen LogP contribution in [0.2, 0.25) is 5.02 Å². The highest BCUT2D eigenvalue weighted by Gasteiger charge is 2.12. The molecule has 136 valence electrons. The van der Waals surface area contributed by atoms with Crippen LogP contribution in [0.3, 0.4) is 0 Å². The molecule has 0 unspecified atom stereocenters. The van der Waals surface area contributed by atoms with Crippen molar-refractivity contribution in [1.29, 1.82) is 0 Å². The van der Waals surface area contributed by atoms with Crippen molar-refractivity contribution in [3.8, 4) is 17.0 Å². The Morgan fingerprint density at radius 2 is 1.92 bits per heavy atom. The van der Waals surface area contributed by atoms with Crippen LogP contribution in [0.5, 0.6) is 5.75 Å². The van der Waals surface area contributed by atoms with Gasteiger partial charge in [0.25, 0.3) is 0 Å². The van der Waals surface area contributed by atoms with Gasteiger partial charge in [0.2, 0.25) is 0 Å². The lowest BCUT2D eigenvalue weighted by Crippen LogP contribution is -2.18. The number of aromatic nitrogens is 1. The van der Waals surface area contributed by atoms with Gasteiger partial charge >= 0.3 is 0 Å². The van der Waals surface area contributed by atoms with E-state index in [1.165, 1.54) is 24.5 Å². The predicted octanol–water partition coefficient (Wildman–Crippen LogP) is 5.91. The average molecular weight is 391 g/mol. The number of rotatable bonds is 5. The van der Waals surface area contributed by atoms with Crippen molar-refractivity contribution >= 4 is 28.6 Å². The van der Waals surface area contributed by atoms with Crippen molar-refractivity contribution < 1.29 is 9.13 Å². The number of nitrogens with zero attached hydrogens (tertiary/aromatic N) is 2. The molecule has 1 heterocycles. The largest absolute Gasteiger partial charge is 0.494 e. The molecule has 0 saturated heterocycles. The molecule has 3 rings (SSSR count). The highest BCUT2D eigenvalue weighted by Crippen LogP contribution is 2.27. The van der Waals surface area contributed by atoms with E-state index in [0.717, 1.165) is 28.3 Å². The van der Waals surface area contributed by atoms with Crippen molar-refractivity contribution in [1.82, 2.24) is 4.57 Å². The van der Waals surface area contributed by atoms with Gasteiger partial charge in [-0.15, -0.1) is 11.3 Å². The molecule has 0 bridgehead atoms. The number of halogens is 2. The first-order valence-electron chi connectivity index (χ1n) is 8.30. The SMILES string of the molecule is COc1ccc(-c2csc(=Nc3ccc(Cl)cc3)n2CC(C)C)cc1F. The average Bonchev–Trinajstić information content (AvgIpc) is 2.98. The van der Waals surface area contributed by atoms with E-state index < -0.39 is 0 Å². The van der Waals surface area contributed by atoms with Gasteiger partial charge in [0.1, 0.15) is 0 Å². The highest BCUT2D eigenvalue weighted by molar-refractivity contribution is 7.07. The monoisotopic (exact) mass is 390 g/mol. The van der Waals surface area contributed by atoms with Gasteiger partial charge in [-0.1, -0.05) is 25.4 Å². The fourth-order valence-corrected chi connectivity index (χ4v) is 3.71. The minimum Gasteiger partial charge on any atom is -0.494 e. The van der Waals surface area contributed by atoms with Crippen LogP contribution >= 0.6 is 22.9 Å². The van der Waals surface area contributed by atoms with Gasteiger partial charge in [-0.25, -0.2) is 9.38 Å². The van der Waals surface area contributed by atoms with Crippen molar-refractivity contribution in [2.75, 3.05) is 7.11 Å². The Morgan fingerprint density at radius 3 is 2.54 bits per heavy atom. The highest BCUT2D eigenvalue weighted by atomic mass is 35.5. The van der Waals surface area contributed by atoms with Crippen LogP contribution in [0.15, 0.2) is 52.8 Å². The fourth-order valence-electron chi connectivity index (χ4n) is 2.64. The predicted molar refractivity (Wildman–Crippen MR) is 106 cm³/mol. The molecule has 0 aliphatic carbocycles. The Labute approximate surface area is 161 Å². The normalized spacial score (nSPS) is 12.0. The smallest absolute Gasteiger partial charge is 0.190 e. The molecule has 3 nitrogen and oxygen atoms in total. The summed E-state index contributed by atoms with van der Waals surface area (Å²) in [5, 5.41) is 2.69. The summed E-state index contributed by atoms with van der Waals surface area (Å²) in [5.41, 5.74) is 2.58. The van der Waals surface area contributed by atoms with Gasteiger partial charge in [-0.05, 0) is 48.4 Å². The van der Waals surface area contributed by atoms with Crippen molar-refractivity contribution in [3.63, 3.8) is 0 Å². The molecule has 3 aromatic rings. The van der Waals surface area contributed by atoms with E-state index in [1.807, 2.05) is 35.7 Å². The summed E-state index contributed by atoms with van der Waals surface area (Å²) >= 11 is 7.49. The van der Waals surface area contributed by atoms with E-state index >= 15 is 0 Å². The van der Waals surface area contributed by atoms with E-state index in [0.29, 0.717) is 10.9 Å². The van der Waals surface area contributed by atoms with Crippen LogP contribution in [0.25, 0.3) is 11.3 Å². The van der Waals surface area contributed by atoms with Gasteiger partial charge in [0.15, 0.2) is 16.4 Å². The van der Waals surface area contributed by atoms with Gasteiger partial charge < -0.3 is 9.30 Å². The third-order valence-electron chi connectivity index (χ3n) is 3.84. The molecule has 0 fully saturated rings. The van der Waals surface area contributed by atoms with E-state index in [1.54, 1.807) is 6.07 Å². The molecule has 0 N–H and O–H groups in total. The summed E-state index contributed by atoms with van der Waals surface area (Å²) in [5.74, 6) is 0.296. The molecule has 0 saturated carbocycles. The summed E-state index contributed by atoms with van der Waals surface area (Å²) in [6.07, 6.45) is 0. The molecular weight excluding hydrogens is 371 g/mol. The molecule has 26 heavy (non-hydrogen) atoms. The van der Waals surface area contributed by atoms with Crippen LogP contribution in [0.1, 0.15) is 13.8 Å². The third kappa shape index (κ3) is 4.17. The van der Waals surface area contributed by atoms with Crippen LogP contribution in [-0.4, -0.2) is 11.7 Å². The fraction of sp³-hybridized carbons (Fsp3) is 0.250. The quantitative estimate of drug-likeness (QED) is 0.532. The minimum atomic E-state index is -0.372. The second-order valence-electron chi connectivity index (χ2n) is 6.35. The molecule has 0 aliphatic heterocycles. The van der Waals surface area contributed by atoms with Crippen molar-refractivity contribution in [3.05, 3.63) is 63.5 Å². The first kappa shape index (κ1) is 18.7. The van der Waals surface area contributed by atoms with Crippen molar-refractivity contribution in [2.24, 2.45) is 10.9 Å². The second-order valence-corrected chi connectivity index (χ2v) is 7.62. The van der Waals surface area contributed by atoms with E-state index in [4.69, 9.17) is 21.3 Å². The van der Waals surface area contributed by atoms with E-state index in [9.17, 15) is 4.39 Å². The van der Waals surface area contributed by atoms with E-state index in [2.05, 4.69) is 18.4 Å². The summed E-state index contributed by atoms with van der Waals surface area (Å²) in [6, 6.07) is 12.4. The number of hydrogen-bond acceptors (Lipinski definition) is 3. The Kier molecular flexibility index (Phi) is 5.79. The molecule has 0 atom stereocenters. The lowest BCUT2D eigenvalue weighted by atomic mass is 10.1.